The number of aromatic hydroxyl groups is 2. The molecule has 6 nitrogen and oxygen atoms in total. The van der Waals surface area contributed by atoms with E-state index in [2.05, 4.69) is 5.32 Å². The molecule has 0 fully saturated rings. The average molecular weight is 327 g/mol. The van der Waals surface area contributed by atoms with Crippen LogP contribution in [0.5, 0.6) is 17.2 Å². The second-order valence-corrected chi connectivity index (χ2v) is 5.24. The summed E-state index contributed by atoms with van der Waals surface area (Å²) >= 11 is 0. The van der Waals surface area contributed by atoms with Crippen LogP contribution in [0.2, 0.25) is 0 Å². The van der Waals surface area contributed by atoms with Gasteiger partial charge in [-0.15, -0.1) is 0 Å². The van der Waals surface area contributed by atoms with Crippen LogP contribution in [0.25, 0.3) is 11.0 Å². The number of nitrogens with one attached hydrogen (secondary N) is 1. The van der Waals surface area contributed by atoms with E-state index in [1.165, 1.54) is 18.2 Å². The van der Waals surface area contributed by atoms with Crippen molar-refractivity contribution < 1.29 is 19.4 Å². The Morgan fingerprint density at radius 1 is 1.08 bits per heavy atom. The molecular formula is C18H17NO5. The first kappa shape index (κ1) is 15.7. The van der Waals surface area contributed by atoms with E-state index in [9.17, 15) is 15.0 Å². The van der Waals surface area contributed by atoms with E-state index in [4.69, 9.17) is 9.15 Å². The molecular weight excluding hydrogens is 310 g/mol. The van der Waals surface area contributed by atoms with Crippen LogP contribution in [0.15, 0.2) is 51.7 Å². The fourth-order valence-corrected chi connectivity index (χ4v) is 2.43. The molecule has 0 saturated carbocycles. The number of hydrogen-bond acceptors (Lipinski definition) is 6. The second kappa shape index (κ2) is 6.54. The van der Waals surface area contributed by atoms with Gasteiger partial charge in [-0.2, -0.15) is 0 Å². The van der Waals surface area contributed by atoms with Gasteiger partial charge in [-0.3, -0.25) is 0 Å². The van der Waals surface area contributed by atoms with Crippen molar-refractivity contribution in [3.05, 3.63) is 58.4 Å². The highest BCUT2D eigenvalue weighted by atomic mass is 16.5. The van der Waals surface area contributed by atoms with Crippen molar-refractivity contribution in [1.29, 1.82) is 0 Å². The number of anilines is 1. The highest BCUT2D eigenvalue weighted by Crippen LogP contribution is 2.31. The molecule has 0 spiro atoms. The van der Waals surface area contributed by atoms with Crippen molar-refractivity contribution in [2.75, 3.05) is 11.9 Å². The topological polar surface area (TPSA) is 91.9 Å². The van der Waals surface area contributed by atoms with Crippen molar-refractivity contribution in [2.45, 2.75) is 13.5 Å². The van der Waals surface area contributed by atoms with Crippen molar-refractivity contribution in [3.8, 4) is 17.2 Å². The SMILES string of the molecule is CCOc1ccc(NCc2cc(=O)oc3cc(O)c(O)cc23)cc1. The van der Waals surface area contributed by atoms with Gasteiger partial charge in [-0.25, -0.2) is 4.79 Å². The van der Waals surface area contributed by atoms with Crippen molar-refractivity contribution in [3.63, 3.8) is 0 Å². The van der Waals surface area contributed by atoms with Gasteiger partial charge < -0.3 is 24.7 Å². The molecule has 1 heterocycles. The Labute approximate surface area is 137 Å². The van der Waals surface area contributed by atoms with Crippen LogP contribution in [0.1, 0.15) is 12.5 Å². The molecule has 0 radical (unpaired) electrons. The van der Waals surface area contributed by atoms with Crippen LogP contribution < -0.4 is 15.7 Å². The zero-order chi connectivity index (χ0) is 17.1. The molecule has 0 aliphatic heterocycles. The maximum absolute atomic E-state index is 11.7. The summed E-state index contributed by atoms with van der Waals surface area (Å²) in [4.78, 5) is 11.7. The predicted molar refractivity (Wildman–Crippen MR) is 90.8 cm³/mol. The zero-order valence-corrected chi connectivity index (χ0v) is 13.1. The molecule has 0 aliphatic carbocycles. The molecule has 0 saturated heterocycles. The number of phenolic OH excluding ortho intramolecular Hbond substituents is 2. The number of benzene rings is 2. The van der Waals surface area contributed by atoms with Crippen LogP contribution in [0.3, 0.4) is 0 Å². The van der Waals surface area contributed by atoms with Crippen LogP contribution in [-0.2, 0) is 6.54 Å². The van der Waals surface area contributed by atoms with E-state index >= 15 is 0 Å². The third-order valence-corrected chi connectivity index (χ3v) is 3.57. The third kappa shape index (κ3) is 3.27. The van der Waals surface area contributed by atoms with Crippen molar-refractivity contribution >= 4 is 16.7 Å². The largest absolute Gasteiger partial charge is 0.504 e. The van der Waals surface area contributed by atoms with Crippen LogP contribution in [0.4, 0.5) is 5.69 Å². The molecule has 3 aromatic rings. The summed E-state index contributed by atoms with van der Waals surface area (Å²) in [7, 11) is 0. The van der Waals surface area contributed by atoms with E-state index < -0.39 is 5.63 Å². The molecule has 3 N–H and O–H groups in total. The molecule has 0 aliphatic rings. The minimum Gasteiger partial charge on any atom is -0.504 e. The summed E-state index contributed by atoms with van der Waals surface area (Å²) in [5.74, 6) is 0.190. The number of rotatable bonds is 5. The highest BCUT2D eigenvalue weighted by Gasteiger charge is 2.10. The Morgan fingerprint density at radius 2 is 1.79 bits per heavy atom. The fraction of sp³-hybridized carbons (Fsp3) is 0.167. The fourth-order valence-electron chi connectivity index (χ4n) is 2.43. The predicted octanol–water partition coefficient (Wildman–Crippen LogP) is 3.22. The van der Waals surface area contributed by atoms with Gasteiger partial charge in [0.1, 0.15) is 11.3 Å². The first-order valence-electron chi connectivity index (χ1n) is 7.52. The number of fused-ring (bicyclic) bond motifs is 1. The van der Waals surface area contributed by atoms with Crippen molar-refractivity contribution in [1.82, 2.24) is 0 Å². The molecule has 0 amide bonds. The summed E-state index contributed by atoms with van der Waals surface area (Å²) < 4.78 is 10.5. The summed E-state index contributed by atoms with van der Waals surface area (Å²) in [5, 5.41) is 23.0. The van der Waals surface area contributed by atoms with Gasteiger partial charge in [-0.1, -0.05) is 0 Å². The second-order valence-electron chi connectivity index (χ2n) is 5.24. The maximum Gasteiger partial charge on any atom is 0.336 e. The van der Waals surface area contributed by atoms with E-state index in [1.54, 1.807) is 0 Å². The van der Waals surface area contributed by atoms with Gasteiger partial charge in [0.25, 0.3) is 0 Å². The lowest BCUT2D eigenvalue weighted by atomic mass is 10.1. The minimum atomic E-state index is -0.518. The molecule has 0 bridgehead atoms. The highest BCUT2D eigenvalue weighted by molar-refractivity contribution is 5.84. The lowest BCUT2D eigenvalue weighted by molar-refractivity contribution is 0.340. The molecule has 0 unspecified atom stereocenters. The molecule has 6 heteroatoms. The van der Waals surface area contributed by atoms with Crippen LogP contribution in [0, 0.1) is 0 Å². The quantitative estimate of drug-likeness (QED) is 0.492. The van der Waals surface area contributed by atoms with E-state index in [0.717, 1.165) is 11.4 Å². The monoisotopic (exact) mass is 327 g/mol. The minimum absolute atomic E-state index is 0.223. The van der Waals surface area contributed by atoms with Gasteiger partial charge in [0, 0.05) is 29.8 Å². The Balaban J connectivity index is 1.86. The number of hydrogen-bond donors (Lipinski definition) is 3. The Kier molecular flexibility index (Phi) is 4.29. The molecule has 1 aromatic heterocycles. The normalized spacial score (nSPS) is 10.7. The lowest BCUT2D eigenvalue weighted by Gasteiger charge is -2.10. The summed E-state index contributed by atoms with van der Waals surface area (Å²) in [6.07, 6.45) is 0. The lowest BCUT2D eigenvalue weighted by Crippen LogP contribution is -2.05. The standard InChI is InChI=1S/C18H17NO5/c1-2-23-13-5-3-12(4-6-13)19-10-11-7-18(22)24-17-9-16(21)15(20)8-14(11)17/h3-9,19-21H,2,10H2,1H3. The average Bonchev–Trinajstić information content (AvgIpc) is 2.56. The van der Waals surface area contributed by atoms with E-state index in [-0.39, 0.29) is 17.1 Å². The Morgan fingerprint density at radius 3 is 2.50 bits per heavy atom. The summed E-state index contributed by atoms with van der Waals surface area (Å²) in [6.45, 7) is 2.89. The van der Waals surface area contributed by atoms with Gasteiger partial charge in [0.15, 0.2) is 11.5 Å². The first-order chi connectivity index (χ1) is 11.6. The third-order valence-electron chi connectivity index (χ3n) is 3.57. The van der Waals surface area contributed by atoms with Crippen LogP contribution >= 0.6 is 0 Å². The maximum atomic E-state index is 11.7. The molecule has 0 atom stereocenters. The van der Waals surface area contributed by atoms with Crippen LogP contribution in [-0.4, -0.2) is 16.8 Å². The van der Waals surface area contributed by atoms with Gasteiger partial charge >= 0.3 is 5.63 Å². The summed E-state index contributed by atoms with van der Waals surface area (Å²) in [5.41, 5.74) is 1.23. The van der Waals surface area contributed by atoms with E-state index in [0.29, 0.717) is 24.1 Å². The summed E-state index contributed by atoms with van der Waals surface area (Å²) in [6, 6.07) is 11.4. The molecule has 24 heavy (non-hydrogen) atoms. The van der Waals surface area contributed by atoms with E-state index in [1.807, 2.05) is 31.2 Å². The van der Waals surface area contributed by atoms with Gasteiger partial charge in [-0.05, 0) is 42.8 Å². The van der Waals surface area contributed by atoms with Gasteiger partial charge in [0.05, 0.1) is 6.61 Å². The number of phenols is 2. The Bertz CT molecular complexity index is 915. The Hall–Kier alpha value is -3.15. The van der Waals surface area contributed by atoms with Crippen molar-refractivity contribution in [2.24, 2.45) is 0 Å². The van der Waals surface area contributed by atoms with Gasteiger partial charge in [0.2, 0.25) is 0 Å². The molecule has 124 valence electrons. The molecule has 3 rings (SSSR count). The molecule has 2 aromatic carbocycles. The first-order valence-corrected chi connectivity index (χ1v) is 7.52. The smallest absolute Gasteiger partial charge is 0.336 e. The zero-order valence-electron chi connectivity index (χ0n) is 13.1. The number of ether oxygens (including phenoxy) is 1.